The molecule has 2 aromatic carbocycles. The summed E-state index contributed by atoms with van der Waals surface area (Å²) in [5.41, 5.74) is 7.77. The van der Waals surface area contributed by atoms with Gasteiger partial charge >= 0.3 is 0 Å². The summed E-state index contributed by atoms with van der Waals surface area (Å²) in [6, 6.07) is 15.9. The van der Waals surface area contributed by atoms with Gasteiger partial charge in [-0.25, -0.2) is 0 Å². The van der Waals surface area contributed by atoms with Crippen LogP contribution in [0.15, 0.2) is 59.6 Å². The van der Waals surface area contributed by atoms with E-state index in [1.54, 1.807) is 18.0 Å². The number of nitrogens with zero attached hydrogens (tertiary/aromatic N) is 1. The van der Waals surface area contributed by atoms with Crippen LogP contribution < -0.4 is 10.5 Å². The van der Waals surface area contributed by atoms with E-state index in [4.69, 9.17) is 10.5 Å². The summed E-state index contributed by atoms with van der Waals surface area (Å²) in [6.07, 6.45) is 3.81. The quantitative estimate of drug-likeness (QED) is 0.733. The third-order valence-corrected chi connectivity index (χ3v) is 4.15. The van der Waals surface area contributed by atoms with Crippen molar-refractivity contribution < 1.29 is 4.74 Å². The van der Waals surface area contributed by atoms with Crippen molar-refractivity contribution in [2.45, 2.75) is 11.4 Å². The highest BCUT2D eigenvalue weighted by Crippen LogP contribution is 2.34. The molecule has 0 aliphatic heterocycles. The van der Waals surface area contributed by atoms with Gasteiger partial charge in [-0.2, -0.15) is 0 Å². The molecule has 0 atom stereocenters. The standard InChI is InChI=1S/C17H16N2OS/c1-21-16-9-3-7-14(13(16)11-18)20-15-8-2-5-12-6-4-10-19-17(12)15/h2-10H,11,18H2,1H3. The molecule has 0 spiro atoms. The van der Waals surface area contributed by atoms with E-state index in [1.165, 1.54) is 0 Å². The summed E-state index contributed by atoms with van der Waals surface area (Å²) < 4.78 is 6.10. The third-order valence-electron chi connectivity index (χ3n) is 3.33. The fourth-order valence-electron chi connectivity index (χ4n) is 2.31. The van der Waals surface area contributed by atoms with Crippen molar-refractivity contribution in [3.8, 4) is 11.5 Å². The van der Waals surface area contributed by atoms with Crippen LogP contribution in [0.4, 0.5) is 0 Å². The smallest absolute Gasteiger partial charge is 0.153 e. The Morgan fingerprint density at radius 3 is 2.62 bits per heavy atom. The zero-order valence-corrected chi connectivity index (χ0v) is 12.6. The fraction of sp³-hybridized carbons (Fsp3) is 0.118. The van der Waals surface area contributed by atoms with Gasteiger partial charge in [0.1, 0.15) is 11.3 Å². The van der Waals surface area contributed by atoms with Gasteiger partial charge in [-0.15, -0.1) is 11.8 Å². The summed E-state index contributed by atoms with van der Waals surface area (Å²) in [5, 5.41) is 1.06. The molecule has 3 aromatic rings. The minimum absolute atomic E-state index is 0.449. The Balaban J connectivity index is 2.07. The predicted molar refractivity (Wildman–Crippen MR) is 87.9 cm³/mol. The highest BCUT2D eigenvalue weighted by molar-refractivity contribution is 7.98. The number of fused-ring (bicyclic) bond motifs is 1. The summed E-state index contributed by atoms with van der Waals surface area (Å²) in [4.78, 5) is 5.56. The van der Waals surface area contributed by atoms with Gasteiger partial charge in [0.05, 0.1) is 0 Å². The highest BCUT2D eigenvalue weighted by atomic mass is 32.2. The van der Waals surface area contributed by atoms with Crippen LogP contribution in [0.2, 0.25) is 0 Å². The molecule has 0 radical (unpaired) electrons. The number of hydrogen-bond acceptors (Lipinski definition) is 4. The number of para-hydroxylation sites is 1. The summed E-state index contributed by atoms with van der Waals surface area (Å²) in [5.74, 6) is 1.54. The minimum atomic E-state index is 0.449. The van der Waals surface area contributed by atoms with Crippen molar-refractivity contribution in [1.82, 2.24) is 4.98 Å². The molecule has 0 saturated heterocycles. The lowest BCUT2D eigenvalue weighted by Crippen LogP contribution is -2.01. The van der Waals surface area contributed by atoms with Crippen LogP contribution >= 0.6 is 11.8 Å². The van der Waals surface area contributed by atoms with Crippen LogP contribution in [-0.4, -0.2) is 11.2 Å². The van der Waals surface area contributed by atoms with Crippen molar-refractivity contribution in [3.05, 3.63) is 60.3 Å². The van der Waals surface area contributed by atoms with Crippen LogP contribution in [0.25, 0.3) is 10.9 Å². The average molecular weight is 296 g/mol. The largest absolute Gasteiger partial charge is 0.455 e. The molecular weight excluding hydrogens is 280 g/mol. The number of ether oxygens (including phenoxy) is 1. The number of thioether (sulfide) groups is 1. The monoisotopic (exact) mass is 296 g/mol. The van der Waals surface area contributed by atoms with Gasteiger partial charge in [0.25, 0.3) is 0 Å². The van der Waals surface area contributed by atoms with Crippen molar-refractivity contribution >= 4 is 22.7 Å². The number of nitrogens with two attached hydrogens (primary N) is 1. The van der Waals surface area contributed by atoms with E-state index in [0.717, 1.165) is 32.9 Å². The topological polar surface area (TPSA) is 48.1 Å². The summed E-state index contributed by atoms with van der Waals surface area (Å²) >= 11 is 1.67. The third kappa shape index (κ3) is 2.73. The Labute approximate surface area is 128 Å². The van der Waals surface area contributed by atoms with Gasteiger partial charge in [-0.1, -0.05) is 24.3 Å². The number of pyridine rings is 1. The van der Waals surface area contributed by atoms with Crippen LogP contribution in [-0.2, 0) is 6.54 Å². The number of benzene rings is 2. The van der Waals surface area contributed by atoms with Crippen molar-refractivity contribution in [3.63, 3.8) is 0 Å². The highest BCUT2D eigenvalue weighted by Gasteiger charge is 2.10. The number of hydrogen-bond donors (Lipinski definition) is 1. The molecule has 0 saturated carbocycles. The molecule has 21 heavy (non-hydrogen) atoms. The first-order chi connectivity index (χ1) is 10.3. The lowest BCUT2D eigenvalue weighted by atomic mass is 10.2. The molecular formula is C17H16N2OS. The van der Waals surface area contributed by atoms with Crippen LogP contribution in [0.3, 0.4) is 0 Å². The lowest BCUT2D eigenvalue weighted by Gasteiger charge is -2.14. The molecule has 0 fully saturated rings. The number of rotatable bonds is 4. The molecule has 2 N–H and O–H groups in total. The first kappa shape index (κ1) is 13.9. The second-order valence-corrected chi connectivity index (χ2v) is 5.42. The molecule has 106 valence electrons. The molecule has 0 bridgehead atoms. The van der Waals surface area contributed by atoms with Crippen LogP contribution in [0.5, 0.6) is 11.5 Å². The van der Waals surface area contributed by atoms with Gasteiger partial charge in [0, 0.05) is 28.6 Å². The molecule has 3 rings (SSSR count). The molecule has 0 unspecified atom stereocenters. The zero-order chi connectivity index (χ0) is 14.7. The maximum Gasteiger partial charge on any atom is 0.153 e. The Bertz CT molecular complexity index is 768. The van der Waals surface area contributed by atoms with E-state index in [-0.39, 0.29) is 0 Å². The number of aromatic nitrogens is 1. The Kier molecular flexibility index (Phi) is 4.08. The summed E-state index contributed by atoms with van der Waals surface area (Å²) in [7, 11) is 0. The first-order valence-electron chi connectivity index (χ1n) is 6.71. The summed E-state index contributed by atoms with van der Waals surface area (Å²) in [6.45, 7) is 0.449. The SMILES string of the molecule is CSc1cccc(Oc2cccc3cccnc23)c1CN. The predicted octanol–water partition coefficient (Wildman–Crippen LogP) is 4.21. The first-order valence-corrected chi connectivity index (χ1v) is 7.93. The minimum Gasteiger partial charge on any atom is -0.455 e. The molecule has 1 aromatic heterocycles. The van der Waals surface area contributed by atoms with E-state index in [9.17, 15) is 0 Å². The van der Waals surface area contributed by atoms with Crippen LogP contribution in [0, 0.1) is 0 Å². The molecule has 0 amide bonds. The molecule has 3 nitrogen and oxygen atoms in total. The molecule has 0 aliphatic carbocycles. The maximum absolute atomic E-state index is 6.10. The second kappa shape index (κ2) is 6.16. The Morgan fingerprint density at radius 2 is 1.81 bits per heavy atom. The maximum atomic E-state index is 6.10. The molecule has 4 heteroatoms. The second-order valence-electron chi connectivity index (χ2n) is 4.57. The fourth-order valence-corrected chi connectivity index (χ4v) is 2.96. The van der Waals surface area contributed by atoms with Gasteiger partial charge in [-0.05, 0) is 30.5 Å². The molecule has 1 heterocycles. The lowest BCUT2D eigenvalue weighted by molar-refractivity contribution is 0.478. The zero-order valence-electron chi connectivity index (χ0n) is 11.7. The average Bonchev–Trinajstić information content (AvgIpc) is 2.55. The van der Waals surface area contributed by atoms with E-state index in [1.807, 2.05) is 48.7 Å². The van der Waals surface area contributed by atoms with Crippen LogP contribution in [0.1, 0.15) is 5.56 Å². The van der Waals surface area contributed by atoms with Gasteiger partial charge < -0.3 is 10.5 Å². The van der Waals surface area contributed by atoms with E-state index >= 15 is 0 Å². The Morgan fingerprint density at radius 1 is 1.05 bits per heavy atom. The van der Waals surface area contributed by atoms with Crippen molar-refractivity contribution in [2.24, 2.45) is 5.73 Å². The van der Waals surface area contributed by atoms with Crippen molar-refractivity contribution in [2.75, 3.05) is 6.26 Å². The van der Waals surface area contributed by atoms with Gasteiger partial charge in [0.2, 0.25) is 0 Å². The van der Waals surface area contributed by atoms with E-state index in [2.05, 4.69) is 11.1 Å². The van der Waals surface area contributed by atoms with Gasteiger partial charge in [-0.3, -0.25) is 4.98 Å². The Hall–Kier alpha value is -2.04. The normalized spacial score (nSPS) is 10.8. The van der Waals surface area contributed by atoms with Crippen molar-refractivity contribution in [1.29, 1.82) is 0 Å². The van der Waals surface area contributed by atoms with E-state index in [0.29, 0.717) is 6.54 Å². The van der Waals surface area contributed by atoms with E-state index < -0.39 is 0 Å². The molecule has 0 aliphatic rings. The van der Waals surface area contributed by atoms with Gasteiger partial charge in [0.15, 0.2) is 5.75 Å².